The fourth-order valence-corrected chi connectivity index (χ4v) is 2.35. The van der Waals surface area contributed by atoms with Crippen molar-refractivity contribution in [1.29, 1.82) is 0 Å². The number of amides is 1. The van der Waals surface area contributed by atoms with Crippen LogP contribution in [-0.4, -0.2) is 37.7 Å². The largest absolute Gasteiger partial charge is 0.381 e. The van der Waals surface area contributed by atoms with Crippen molar-refractivity contribution in [3.8, 4) is 0 Å². The number of carbonyl (C=O) groups excluding carboxylic acids is 1. The smallest absolute Gasteiger partial charge is 0.237 e. The molecule has 1 saturated heterocycles. The standard InChI is InChI=1S/C11H20N2O2/c1-7-3-4-12-10(7)11(14)13-8-5-9(6-8)15-2/h7-10,12H,3-6H2,1-2H3,(H,13,14). The van der Waals surface area contributed by atoms with Gasteiger partial charge in [0.05, 0.1) is 12.1 Å². The van der Waals surface area contributed by atoms with Crippen LogP contribution < -0.4 is 10.6 Å². The first-order chi connectivity index (χ1) is 7.20. The molecule has 0 aromatic heterocycles. The van der Waals surface area contributed by atoms with E-state index >= 15 is 0 Å². The average molecular weight is 212 g/mol. The minimum atomic E-state index is 0.0200. The molecular formula is C11H20N2O2. The minimum absolute atomic E-state index is 0.0200. The number of hydrogen-bond donors (Lipinski definition) is 2. The summed E-state index contributed by atoms with van der Waals surface area (Å²) in [6, 6.07) is 0.351. The van der Waals surface area contributed by atoms with Gasteiger partial charge in [-0.3, -0.25) is 4.79 Å². The monoisotopic (exact) mass is 212 g/mol. The van der Waals surface area contributed by atoms with E-state index in [-0.39, 0.29) is 11.9 Å². The van der Waals surface area contributed by atoms with Crippen LogP contribution in [0.1, 0.15) is 26.2 Å². The van der Waals surface area contributed by atoms with Gasteiger partial charge in [-0.05, 0) is 31.7 Å². The SMILES string of the molecule is COC1CC(NC(=O)C2NCCC2C)C1. The zero-order valence-corrected chi connectivity index (χ0v) is 9.45. The molecule has 0 aromatic carbocycles. The molecular weight excluding hydrogens is 192 g/mol. The van der Waals surface area contributed by atoms with Crippen molar-refractivity contribution >= 4 is 5.91 Å². The summed E-state index contributed by atoms with van der Waals surface area (Å²) in [6.07, 6.45) is 3.38. The number of hydrogen-bond acceptors (Lipinski definition) is 3. The number of methoxy groups -OCH3 is 1. The molecule has 1 saturated carbocycles. The van der Waals surface area contributed by atoms with Crippen LogP contribution in [0.15, 0.2) is 0 Å². The molecule has 0 aromatic rings. The minimum Gasteiger partial charge on any atom is -0.381 e. The maximum Gasteiger partial charge on any atom is 0.237 e. The summed E-state index contributed by atoms with van der Waals surface area (Å²) in [5.41, 5.74) is 0. The summed E-state index contributed by atoms with van der Waals surface area (Å²) < 4.78 is 5.18. The Balaban J connectivity index is 1.73. The normalized spacial score (nSPS) is 39.9. The van der Waals surface area contributed by atoms with Crippen molar-refractivity contribution in [2.75, 3.05) is 13.7 Å². The molecule has 2 N–H and O–H groups in total. The summed E-state index contributed by atoms with van der Waals surface area (Å²) in [6.45, 7) is 3.09. The third-order valence-corrected chi connectivity index (χ3v) is 3.59. The molecule has 0 radical (unpaired) electrons. The van der Waals surface area contributed by atoms with Gasteiger partial charge in [0.2, 0.25) is 5.91 Å². The molecule has 86 valence electrons. The van der Waals surface area contributed by atoms with Gasteiger partial charge in [0, 0.05) is 13.2 Å². The van der Waals surface area contributed by atoms with E-state index in [1.165, 1.54) is 0 Å². The van der Waals surface area contributed by atoms with E-state index in [4.69, 9.17) is 4.74 Å². The van der Waals surface area contributed by atoms with Crippen molar-refractivity contribution < 1.29 is 9.53 Å². The Bertz CT molecular complexity index is 239. The Hall–Kier alpha value is -0.610. The van der Waals surface area contributed by atoms with E-state index in [2.05, 4.69) is 17.6 Å². The van der Waals surface area contributed by atoms with E-state index in [9.17, 15) is 4.79 Å². The lowest BCUT2D eigenvalue weighted by Gasteiger charge is -2.35. The zero-order valence-electron chi connectivity index (χ0n) is 9.45. The van der Waals surface area contributed by atoms with Gasteiger partial charge in [-0.25, -0.2) is 0 Å². The molecule has 4 heteroatoms. The lowest BCUT2D eigenvalue weighted by Crippen LogP contribution is -2.53. The quantitative estimate of drug-likeness (QED) is 0.706. The van der Waals surface area contributed by atoms with Gasteiger partial charge in [-0.15, -0.1) is 0 Å². The fraction of sp³-hybridized carbons (Fsp3) is 0.909. The van der Waals surface area contributed by atoms with Crippen molar-refractivity contribution in [2.24, 2.45) is 5.92 Å². The third-order valence-electron chi connectivity index (χ3n) is 3.59. The maximum absolute atomic E-state index is 11.8. The first kappa shape index (κ1) is 10.9. The summed E-state index contributed by atoms with van der Waals surface area (Å²) in [5.74, 6) is 0.628. The van der Waals surface area contributed by atoms with E-state index in [1.54, 1.807) is 7.11 Å². The van der Waals surface area contributed by atoms with Crippen LogP contribution in [0.2, 0.25) is 0 Å². The molecule has 4 nitrogen and oxygen atoms in total. The van der Waals surface area contributed by atoms with Crippen LogP contribution in [-0.2, 0) is 9.53 Å². The molecule has 2 aliphatic rings. The van der Waals surface area contributed by atoms with Gasteiger partial charge < -0.3 is 15.4 Å². The van der Waals surface area contributed by atoms with Crippen LogP contribution in [0.5, 0.6) is 0 Å². The van der Waals surface area contributed by atoms with Crippen LogP contribution in [0.3, 0.4) is 0 Å². The molecule has 1 heterocycles. The lowest BCUT2D eigenvalue weighted by atomic mass is 9.88. The van der Waals surface area contributed by atoms with Gasteiger partial charge in [0.1, 0.15) is 0 Å². The molecule has 0 bridgehead atoms. The molecule has 1 aliphatic carbocycles. The Morgan fingerprint density at radius 2 is 2.20 bits per heavy atom. The highest BCUT2D eigenvalue weighted by molar-refractivity contribution is 5.82. The Labute approximate surface area is 90.8 Å². The van der Waals surface area contributed by atoms with Crippen LogP contribution in [0.25, 0.3) is 0 Å². The van der Waals surface area contributed by atoms with E-state index in [1.807, 2.05) is 0 Å². The fourth-order valence-electron chi connectivity index (χ4n) is 2.35. The van der Waals surface area contributed by atoms with Gasteiger partial charge in [0.15, 0.2) is 0 Å². The second-order valence-corrected chi connectivity index (χ2v) is 4.73. The molecule has 1 amide bonds. The molecule has 1 aliphatic heterocycles. The summed E-state index contributed by atoms with van der Waals surface area (Å²) in [5, 5.41) is 6.31. The summed E-state index contributed by atoms with van der Waals surface area (Å²) in [7, 11) is 1.73. The van der Waals surface area contributed by atoms with Crippen LogP contribution in [0.4, 0.5) is 0 Å². The Kier molecular flexibility index (Phi) is 3.26. The van der Waals surface area contributed by atoms with Gasteiger partial charge in [-0.2, -0.15) is 0 Å². The lowest BCUT2D eigenvalue weighted by molar-refractivity contribution is -0.125. The van der Waals surface area contributed by atoms with E-state index in [0.29, 0.717) is 18.1 Å². The number of nitrogens with one attached hydrogen (secondary N) is 2. The zero-order chi connectivity index (χ0) is 10.8. The number of ether oxygens (including phenoxy) is 1. The Morgan fingerprint density at radius 1 is 1.47 bits per heavy atom. The van der Waals surface area contributed by atoms with Gasteiger partial charge in [-0.1, -0.05) is 6.92 Å². The van der Waals surface area contributed by atoms with Crippen molar-refractivity contribution in [2.45, 2.75) is 44.4 Å². The highest BCUT2D eigenvalue weighted by atomic mass is 16.5. The van der Waals surface area contributed by atoms with Gasteiger partial charge in [0.25, 0.3) is 0 Å². The van der Waals surface area contributed by atoms with Crippen molar-refractivity contribution in [1.82, 2.24) is 10.6 Å². The van der Waals surface area contributed by atoms with Crippen molar-refractivity contribution in [3.05, 3.63) is 0 Å². The second kappa shape index (κ2) is 4.49. The molecule has 2 atom stereocenters. The molecule has 2 fully saturated rings. The highest BCUT2D eigenvalue weighted by Crippen LogP contribution is 2.23. The number of rotatable bonds is 3. The first-order valence-electron chi connectivity index (χ1n) is 5.77. The predicted octanol–water partition coefficient (Wildman–Crippen LogP) is 0.278. The van der Waals surface area contributed by atoms with Crippen molar-refractivity contribution in [3.63, 3.8) is 0 Å². The first-order valence-corrected chi connectivity index (χ1v) is 5.77. The molecule has 15 heavy (non-hydrogen) atoms. The predicted molar refractivity (Wildman–Crippen MR) is 57.5 cm³/mol. The maximum atomic E-state index is 11.8. The number of carbonyl (C=O) groups is 1. The van der Waals surface area contributed by atoms with E-state index in [0.717, 1.165) is 25.8 Å². The molecule has 2 unspecified atom stereocenters. The Morgan fingerprint density at radius 3 is 2.73 bits per heavy atom. The highest BCUT2D eigenvalue weighted by Gasteiger charge is 2.34. The van der Waals surface area contributed by atoms with Crippen LogP contribution in [0, 0.1) is 5.92 Å². The molecule has 2 rings (SSSR count). The third kappa shape index (κ3) is 2.32. The second-order valence-electron chi connectivity index (χ2n) is 4.73. The summed E-state index contributed by atoms with van der Waals surface area (Å²) >= 11 is 0. The average Bonchev–Trinajstić information content (AvgIpc) is 2.56. The molecule has 0 spiro atoms. The van der Waals surface area contributed by atoms with E-state index < -0.39 is 0 Å². The summed E-state index contributed by atoms with van der Waals surface area (Å²) in [4.78, 5) is 11.8. The van der Waals surface area contributed by atoms with Crippen LogP contribution >= 0.6 is 0 Å². The van der Waals surface area contributed by atoms with Gasteiger partial charge >= 0.3 is 0 Å². The topological polar surface area (TPSA) is 50.4 Å².